The number of benzene rings is 5. The van der Waals surface area contributed by atoms with Crippen LogP contribution in [0, 0.1) is 61.8 Å². The van der Waals surface area contributed by atoms with E-state index in [9.17, 15) is 34.9 Å². The number of nitro groups is 2. The average Bonchev–Trinajstić information content (AvgIpc) is 4.21. The number of hydrogen-bond acceptors (Lipinski definition) is 9. The van der Waals surface area contributed by atoms with Gasteiger partial charge in [0.15, 0.2) is 0 Å². The molecule has 2 aliphatic heterocycles. The van der Waals surface area contributed by atoms with E-state index in [4.69, 9.17) is 9.97 Å². The van der Waals surface area contributed by atoms with Gasteiger partial charge in [0.1, 0.15) is 5.69 Å². The summed E-state index contributed by atoms with van der Waals surface area (Å²) in [4.78, 5) is 65.5. The van der Waals surface area contributed by atoms with Crippen molar-refractivity contribution in [1.82, 2.24) is 25.4 Å². The molecule has 0 aliphatic carbocycles. The van der Waals surface area contributed by atoms with E-state index in [1.807, 2.05) is 72.8 Å². The molecule has 15 heteroatoms. The van der Waals surface area contributed by atoms with Gasteiger partial charge in [-0.3, -0.25) is 35.9 Å². The van der Waals surface area contributed by atoms with E-state index in [2.05, 4.69) is 86.6 Å². The number of hydrazine groups is 1. The van der Waals surface area contributed by atoms with E-state index in [0.29, 0.717) is 22.8 Å². The van der Waals surface area contributed by atoms with Crippen LogP contribution in [0.15, 0.2) is 115 Å². The highest BCUT2D eigenvalue weighted by molar-refractivity contribution is 6.02. The van der Waals surface area contributed by atoms with Crippen molar-refractivity contribution in [2.75, 3.05) is 5.43 Å². The summed E-state index contributed by atoms with van der Waals surface area (Å²) >= 11 is 0. The number of non-ortho nitro benzene ring substituents is 1. The molecule has 3 aromatic heterocycles. The molecule has 0 fully saturated rings. The van der Waals surface area contributed by atoms with Crippen molar-refractivity contribution in [1.29, 1.82) is 0 Å². The van der Waals surface area contributed by atoms with Gasteiger partial charge in [0.2, 0.25) is 0 Å². The van der Waals surface area contributed by atoms with Crippen LogP contribution in [0.25, 0.3) is 90.9 Å². The molecule has 1 amide bonds. The number of nitrogens with one attached hydrogen (secondary N) is 4. The van der Waals surface area contributed by atoms with Gasteiger partial charge in [0.05, 0.1) is 44.3 Å². The minimum absolute atomic E-state index is 0.128. The Bertz CT molecular complexity index is 3820. The summed E-state index contributed by atoms with van der Waals surface area (Å²) in [6.07, 6.45) is 8.01. The lowest BCUT2D eigenvalue weighted by Gasteiger charge is -2.13. The fraction of sp³-hybridized carbons (Fsp3) is 0.103. The molecular weight excluding hydrogens is 921 g/mol. The fourth-order valence-corrected chi connectivity index (χ4v) is 10.1. The van der Waals surface area contributed by atoms with E-state index >= 15 is 0 Å². The number of aromatic carboxylic acids is 1. The summed E-state index contributed by atoms with van der Waals surface area (Å²) in [7, 11) is 0. The second-order valence-electron chi connectivity index (χ2n) is 18.3. The molecule has 8 bridgehead atoms. The van der Waals surface area contributed by atoms with Crippen LogP contribution in [-0.4, -0.2) is 46.8 Å². The maximum absolute atomic E-state index is 13.6. The standard InChI is InChI=1S/C58H46N8O7/c1-30-25-32(3)51(33(4)26-30)55-46-21-17-42(59-46)53(36-7-11-38(12-8-36)57(67)64-63-41-16-15-40(65(70)71)29-50(41)66(72)73)43-18-22-47(60-43)56(52-34(5)27-31(2)28-35(52)6)49-24-20-45(62-49)54(44-19-23-48(55)61-44)37-9-13-39(14-10-37)58(68)69/h7-29,59,62-63H,1-6H3,(H,64,67)(H,68,69). The van der Waals surface area contributed by atoms with Crippen LogP contribution in [0.3, 0.4) is 0 Å². The van der Waals surface area contributed by atoms with Gasteiger partial charge in [-0.2, -0.15) is 0 Å². The van der Waals surface area contributed by atoms with Gasteiger partial charge in [-0.05, 0) is 165 Å². The molecule has 360 valence electrons. The predicted octanol–water partition coefficient (Wildman–Crippen LogP) is 13.4. The zero-order valence-electron chi connectivity index (χ0n) is 40.5. The van der Waals surface area contributed by atoms with Crippen LogP contribution in [0.5, 0.6) is 0 Å². The van der Waals surface area contributed by atoms with E-state index in [0.717, 1.165) is 118 Å². The topological polar surface area (TPSA) is 222 Å². The Kier molecular flexibility index (Phi) is 11.9. The van der Waals surface area contributed by atoms with E-state index in [1.54, 1.807) is 24.3 Å². The quantitative estimate of drug-likeness (QED) is 0.0644. The summed E-state index contributed by atoms with van der Waals surface area (Å²) in [5.74, 6) is -1.62. The van der Waals surface area contributed by atoms with Gasteiger partial charge >= 0.3 is 11.7 Å². The van der Waals surface area contributed by atoms with Gasteiger partial charge in [-0.25, -0.2) is 14.8 Å². The Balaban J connectivity index is 1.23. The van der Waals surface area contributed by atoms with Gasteiger partial charge in [0.25, 0.3) is 11.6 Å². The highest BCUT2D eigenvalue weighted by atomic mass is 16.6. The van der Waals surface area contributed by atoms with Crippen LogP contribution >= 0.6 is 0 Å². The van der Waals surface area contributed by atoms with Crippen molar-refractivity contribution in [3.05, 3.63) is 203 Å². The number of carbonyl (C=O) groups is 2. The second-order valence-corrected chi connectivity index (χ2v) is 18.3. The van der Waals surface area contributed by atoms with Crippen LogP contribution in [-0.2, 0) is 0 Å². The van der Waals surface area contributed by atoms with E-state index in [-0.39, 0.29) is 16.8 Å². The molecule has 2 aliphatic rings. The summed E-state index contributed by atoms with van der Waals surface area (Å²) in [5.41, 5.74) is 23.4. The van der Waals surface area contributed by atoms with Crippen molar-refractivity contribution in [3.8, 4) is 44.5 Å². The van der Waals surface area contributed by atoms with Crippen LogP contribution in [0.4, 0.5) is 17.1 Å². The summed E-state index contributed by atoms with van der Waals surface area (Å²) in [5, 5.41) is 32.9. The number of aryl methyl sites for hydroxylation is 6. The highest BCUT2D eigenvalue weighted by Gasteiger charge is 2.24. The zero-order chi connectivity index (χ0) is 51.4. The summed E-state index contributed by atoms with van der Waals surface area (Å²) in [6.45, 7) is 12.5. The number of aromatic amines is 2. The van der Waals surface area contributed by atoms with Crippen molar-refractivity contribution in [3.63, 3.8) is 0 Å². The third kappa shape index (κ3) is 8.80. The number of aromatic nitrogens is 4. The normalized spacial score (nSPS) is 11.7. The summed E-state index contributed by atoms with van der Waals surface area (Å²) < 4.78 is 0. The Morgan fingerprint density at radius 3 is 1.29 bits per heavy atom. The molecule has 8 aromatic rings. The molecule has 0 radical (unpaired) electrons. The molecule has 0 unspecified atom stereocenters. The average molecular weight is 967 g/mol. The van der Waals surface area contributed by atoms with Gasteiger partial charge in [-0.15, -0.1) is 0 Å². The van der Waals surface area contributed by atoms with E-state index in [1.165, 1.54) is 0 Å². The molecular formula is C58H46N8O7. The number of amides is 1. The lowest BCUT2D eigenvalue weighted by Crippen LogP contribution is -2.29. The number of rotatable bonds is 10. The zero-order valence-corrected chi connectivity index (χ0v) is 40.5. The minimum atomic E-state index is -1.02. The largest absolute Gasteiger partial charge is 0.478 e. The molecule has 10 rings (SSSR count). The Labute approximate surface area is 418 Å². The van der Waals surface area contributed by atoms with Crippen molar-refractivity contribution in [2.24, 2.45) is 0 Å². The molecule has 0 saturated heterocycles. The van der Waals surface area contributed by atoms with Crippen LogP contribution in [0.2, 0.25) is 0 Å². The third-order valence-corrected chi connectivity index (χ3v) is 13.2. The molecule has 0 atom stereocenters. The number of anilines is 1. The maximum Gasteiger partial charge on any atom is 0.335 e. The Morgan fingerprint density at radius 2 is 0.890 bits per heavy atom. The minimum Gasteiger partial charge on any atom is -0.478 e. The smallest absolute Gasteiger partial charge is 0.335 e. The molecule has 15 nitrogen and oxygen atoms in total. The first-order chi connectivity index (χ1) is 35.0. The number of carboxylic acids is 1. The van der Waals surface area contributed by atoms with Gasteiger partial charge < -0.3 is 15.1 Å². The van der Waals surface area contributed by atoms with Gasteiger partial charge in [0, 0.05) is 56.0 Å². The molecule has 5 aromatic carbocycles. The number of fused-ring (bicyclic) bond motifs is 8. The summed E-state index contributed by atoms with van der Waals surface area (Å²) in [6, 6.07) is 33.6. The highest BCUT2D eigenvalue weighted by Crippen LogP contribution is 2.41. The molecule has 73 heavy (non-hydrogen) atoms. The maximum atomic E-state index is 13.6. The number of nitrogens with zero attached hydrogens (tertiary/aromatic N) is 4. The number of hydrogen-bond donors (Lipinski definition) is 5. The molecule has 5 N–H and O–H groups in total. The first-order valence-electron chi connectivity index (χ1n) is 23.3. The molecule has 0 spiro atoms. The number of nitro benzene ring substituents is 2. The number of carbonyl (C=O) groups excluding carboxylic acids is 1. The van der Waals surface area contributed by atoms with Crippen molar-refractivity contribution < 1.29 is 24.5 Å². The lowest BCUT2D eigenvalue weighted by atomic mass is 9.92. The van der Waals surface area contributed by atoms with Crippen LogP contribution in [0.1, 0.15) is 76.9 Å². The second kappa shape index (κ2) is 18.5. The lowest BCUT2D eigenvalue weighted by molar-refractivity contribution is -0.393. The Morgan fingerprint density at radius 1 is 0.493 bits per heavy atom. The van der Waals surface area contributed by atoms with Crippen LogP contribution < -0.4 is 10.9 Å². The first kappa shape index (κ1) is 46.9. The monoisotopic (exact) mass is 966 g/mol. The first-order valence-corrected chi connectivity index (χ1v) is 23.3. The number of carboxylic acid groups (broad SMARTS) is 1. The van der Waals surface area contributed by atoms with Crippen molar-refractivity contribution >= 4 is 75.3 Å². The number of H-pyrrole nitrogens is 2. The molecule has 5 heterocycles. The van der Waals surface area contributed by atoms with Crippen molar-refractivity contribution in [2.45, 2.75) is 41.5 Å². The SMILES string of the molecule is Cc1cc(C)c(-c2c3nc(c(-c4ccc(C(=O)NNc5ccc([N+](=O)[O-])cc5[N+](=O)[O-])cc4)c4ccc([nH]4)c(-c4c(C)cc(C)cc4C)c4nc(c(-c5ccc(C(=O)O)cc5)c5ccc2[nH]5)C=C4)C=C3)c(C)c1. The molecule has 0 saturated carbocycles. The predicted molar refractivity (Wildman–Crippen MR) is 287 cm³/mol. The third-order valence-electron chi connectivity index (χ3n) is 13.2. The Hall–Kier alpha value is -9.76. The fourth-order valence-electron chi connectivity index (χ4n) is 10.1. The van der Waals surface area contributed by atoms with Gasteiger partial charge in [-0.1, -0.05) is 59.7 Å². The van der Waals surface area contributed by atoms with E-state index < -0.39 is 33.1 Å².